The van der Waals surface area contributed by atoms with Crippen LogP contribution in [-0.2, 0) is 0 Å². The molecule has 0 saturated heterocycles. The van der Waals surface area contributed by atoms with E-state index in [1.54, 1.807) is 0 Å². The molecule has 4 N–H and O–H groups in total. The highest BCUT2D eigenvalue weighted by molar-refractivity contribution is 6.12. The molecule has 10 heteroatoms. The number of hydrogen-bond donors (Lipinski definition) is 3. The lowest BCUT2D eigenvalue weighted by Gasteiger charge is -2.04. The van der Waals surface area contributed by atoms with Crippen LogP contribution in [0.5, 0.6) is 0 Å². The van der Waals surface area contributed by atoms with E-state index in [2.05, 4.69) is 30.5 Å². The van der Waals surface area contributed by atoms with E-state index in [0.717, 1.165) is 5.56 Å². The highest BCUT2D eigenvalue weighted by atomic mass is 16.1. The van der Waals surface area contributed by atoms with E-state index in [4.69, 9.17) is 11.0 Å². The molecule has 26 heavy (non-hydrogen) atoms. The van der Waals surface area contributed by atoms with Gasteiger partial charge >= 0.3 is 0 Å². The van der Waals surface area contributed by atoms with Gasteiger partial charge in [-0.25, -0.2) is 14.6 Å². The molecule has 5 rings (SSSR count). The van der Waals surface area contributed by atoms with Gasteiger partial charge in [0.25, 0.3) is 5.56 Å². The van der Waals surface area contributed by atoms with E-state index >= 15 is 0 Å². The van der Waals surface area contributed by atoms with E-state index in [9.17, 15) is 4.79 Å². The number of nitrogens with two attached hydrogens (primary N) is 1. The first-order chi connectivity index (χ1) is 12.7. The van der Waals surface area contributed by atoms with Crippen LogP contribution in [0.1, 0.15) is 5.69 Å². The lowest BCUT2D eigenvalue weighted by molar-refractivity contribution is 0.897. The van der Waals surface area contributed by atoms with Crippen LogP contribution in [0, 0.1) is 11.3 Å². The van der Waals surface area contributed by atoms with E-state index in [0.29, 0.717) is 27.6 Å². The smallest absolute Gasteiger partial charge is 0.276 e. The van der Waals surface area contributed by atoms with Gasteiger partial charge in [-0.15, -0.1) is 10.2 Å². The van der Waals surface area contributed by atoms with Crippen molar-refractivity contribution in [1.29, 1.82) is 5.26 Å². The zero-order valence-electron chi connectivity index (χ0n) is 13.1. The van der Waals surface area contributed by atoms with Gasteiger partial charge in [0.05, 0.1) is 10.8 Å². The Bertz CT molecular complexity index is 1420. The number of nitrogens with one attached hydrogen (secondary N) is 2. The highest BCUT2D eigenvalue weighted by Crippen LogP contribution is 2.34. The molecule has 0 unspecified atom stereocenters. The number of hydrogen-bond acceptors (Lipinski definition) is 7. The van der Waals surface area contributed by atoms with Crippen molar-refractivity contribution in [2.75, 3.05) is 5.73 Å². The summed E-state index contributed by atoms with van der Waals surface area (Å²) in [6, 6.07) is 11.3. The SMILES string of the molecule is N#Cc1nnc2c3c(-c4ccccc4)c4c(=O)[nH]nc4nc3[nH]n2c1N. The molecule has 4 aromatic heterocycles. The number of H-pyrrole nitrogens is 2. The molecule has 0 aliphatic carbocycles. The molecule has 4 heterocycles. The van der Waals surface area contributed by atoms with Gasteiger partial charge in [0.15, 0.2) is 22.8 Å². The maximum atomic E-state index is 12.4. The highest BCUT2D eigenvalue weighted by Gasteiger charge is 2.22. The van der Waals surface area contributed by atoms with Gasteiger partial charge < -0.3 is 5.73 Å². The van der Waals surface area contributed by atoms with Gasteiger partial charge in [0.2, 0.25) is 5.69 Å². The molecule has 0 radical (unpaired) electrons. The molecule has 0 spiro atoms. The van der Waals surface area contributed by atoms with Gasteiger partial charge in [-0.05, 0) is 5.56 Å². The Hall–Kier alpha value is -4.26. The summed E-state index contributed by atoms with van der Waals surface area (Å²) in [6.45, 7) is 0. The molecule has 0 amide bonds. The van der Waals surface area contributed by atoms with Crippen LogP contribution >= 0.6 is 0 Å². The molecule has 0 aliphatic rings. The van der Waals surface area contributed by atoms with E-state index in [-0.39, 0.29) is 22.7 Å². The fourth-order valence-corrected chi connectivity index (χ4v) is 3.09. The molecule has 1 aromatic carbocycles. The summed E-state index contributed by atoms with van der Waals surface area (Å²) in [4.78, 5) is 16.8. The largest absolute Gasteiger partial charge is 0.381 e. The van der Waals surface area contributed by atoms with E-state index in [1.165, 1.54) is 4.52 Å². The lowest BCUT2D eigenvalue weighted by atomic mass is 10.0. The number of pyridine rings is 1. The normalized spacial score (nSPS) is 11.3. The lowest BCUT2D eigenvalue weighted by Crippen LogP contribution is -2.05. The molecule has 0 atom stereocenters. The fourth-order valence-electron chi connectivity index (χ4n) is 3.09. The molecule has 10 nitrogen and oxygen atoms in total. The molecule has 0 saturated carbocycles. The third-order valence-corrected chi connectivity index (χ3v) is 4.22. The number of fused-ring (bicyclic) bond motifs is 4. The second kappa shape index (κ2) is 4.87. The van der Waals surface area contributed by atoms with Crippen LogP contribution in [0.25, 0.3) is 38.8 Å². The van der Waals surface area contributed by atoms with Crippen LogP contribution < -0.4 is 11.3 Å². The Morgan fingerprint density at radius 3 is 2.73 bits per heavy atom. The maximum Gasteiger partial charge on any atom is 0.276 e. The Morgan fingerprint density at radius 1 is 1.15 bits per heavy atom. The topological polar surface area (TPSA) is 154 Å². The summed E-state index contributed by atoms with van der Waals surface area (Å²) in [5.41, 5.74) is 8.15. The Labute approximate surface area is 143 Å². The number of benzene rings is 1. The number of aromatic nitrogens is 7. The van der Waals surface area contributed by atoms with Crippen molar-refractivity contribution in [3.8, 4) is 17.2 Å². The summed E-state index contributed by atoms with van der Waals surface area (Å²) in [7, 11) is 0. The van der Waals surface area contributed by atoms with Crippen LogP contribution in [-0.4, -0.2) is 35.0 Å². The minimum Gasteiger partial charge on any atom is -0.381 e. The van der Waals surface area contributed by atoms with Crippen molar-refractivity contribution in [3.63, 3.8) is 0 Å². The number of aromatic amines is 2. The molecule has 0 bridgehead atoms. The first kappa shape index (κ1) is 14.1. The minimum absolute atomic E-state index is 0.00899. The third-order valence-electron chi connectivity index (χ3n) is 4.22. The van der Waals surface area contributed by atoms with Gasteiger partial charge in [-0.3, -0.25) is 9.89 Å². The van der Waals surface area contributed by atoms with Crippen molar-refractivity contribution >= 4 is 33.5 Å². The van der Waals surface area contributed by atoms with Crippen molar-refractivity contribution in [2.45, 2.75) is 0 Å². The number of nitrogen functional groups attached to an aromatic ring is 1. The summed E-state index contributed by atoms with van der Waals surface area (Å²) >= 11 is 0. The number of rotatable bonds is 1. The summed E-state index contributed by atoms with van der Waals surface area (Å²) in [6.07, 6.45) is 0. The first-order valence-electron chi connectivity index (χ1n) is 7.59. The second-order valence-electron chi connectivity index (χ2n) is 5.64. The van der Waals surface area contributed by atoms with Crippen molar-refractivity contribution < 1.29 is 0 Å². The quantitative estimate of drug-likeness (QED) is 0.409. The standard InChI is InChI=1S/C16H9N9O/c17-6-8-12(18)25-15(22-20-8)10-9(7-4-2-1-3-5-7)11-13(19-14(10)24-25)21-23-16(11)26/h1-5H,18H2,(H,23,26)(H,19,21,24). The van der Waals surface area contributed by atoms with Crippen LogP contribution in [0.4, 0.5) is 5.82 Å². The van der Waals surface area contributed by atoms with Crippen molar-refractivity contribution in [2.24, 2.45) is 0 Å². The Kier molecular flexibility index (Phi) is 2.64. The van der Waals surface area contributed by atoms with E-state index in [1.807, 2.05) is 36.4 Å². The summed E-state index contributed by atoms with van der Waals surface area (Å²) in [5, 5.41) is 27.4. The third kappa shape index (κ3) is 1.71. The number of anilines is 1. The van der Waals surface area contributed by atoms with Gasteiger partial charge in [-0.1, -0.05) is 30.3 Å². The number of nitrogens with zero attached hydrogens (tertiary/aromatic N) is 6. The average molecular weight is 343 g/mol. The van der Waals surface area contributed by atoms with Crippen molar-refractivity contribution in [3.05, 3.63) is 46.4 Å². The predicted octanol–water partition coefficient (Wildman–Crippen LogP) is 0.963. The molecule has 0 fully saturated rings. The predicted molar refractivity (Wildman–Crippen MR) is 93.1 cm³/mol. The molecular formula is C16H9N9O. The monoisotopic (exact) mass is 343 g/mol. The van der Waals surface area contributed by atoms with E-state index < -0.39 is 0 Å². The van der Waals surface area contributed by atoms with Crippen LogP contribution in [0.15, 0.2) is 35.1 Å². The Balaban J connectivity index is 2.08. The Morgan fingerprint density at radius 2 is 1.96 bits per heavy atom. The first-order valence-corrected chi connectivity index (χ1v) is 7.59. The zero-order valence-corrected chi connectivity index (χ0v) is 13.1. The van der Waals surface area contributed by atoms with Crippen LogP contribution in [0.2, 0.25) is 0 Å². The van der Waals surface area contributed by atoms with Gasteiger partial charge in [0.1, 0.15) is 6.07 Å². The minimum atomic E-state index is -0.345. The molecule has 5 aromatic rings. The fraction of sp³-hybridized carbons (Fsp3) is 0. The molecular weight excluding hydrogens is 334 g/mol. The van der Waals surface area contributed by atoms with Crippen molar-refractivity contribution in [1.82, 2.24) is 35.0 Å². The molecule has 124 valence electrons. The molecule has 0 aliphatic heterocycles. The second-order valence-corrected chi connectivity index (χ2v) is 5.64. The van der Waals surface area contributed by atoms with Gasteiger partial charge in [0, 0.05) is 5.56 Å². The van der Waals surface area contributed by atoms with Gasteiger partial charge in [-0.2, -0.15) is 10.4 Å². The summed E-state index contributed by atoms with van der Waals surface area (Å²) in [5.74, 6) is 0.107. The van der Waals surface area contributed by atoms with Crippen LogP contribution in [0.3, 0.4) is 0 Å². The maximum absolute atomic E-state index is 12.4. The average Bonchev–Trinajstić information content (AvgIpc) is 3.22. The zero-order chi connectivity index (χ0) is 17.8. The summed E-state index contributed by atoms with van der Waals surface area (Å²) < 4.78 is 1.43. The number of nitriles is 1.